The molecule has 2 rings (SSSR count). The Morgan fingerprint density at radius 1 is 1.15 bits per heavy atom. The van der Waals surface area contributed by atoms with Gasteiger partial charge in [-0.15, -0.1) is 0 Å². The quantitative estimate of drug-likeness (QED) is 0.653. The summed E-state index contributed by atoms with van der Waals surface area (Å²) in [5, 5.41) is 30.2. The summed E-state index contributed by atoms with van der Waals surface area (Å²) in [5.41, 5.74) is -0.215. The van der Waals surface area contributed by atoms with Gasteiger partial charge in [0.2, 0.25) is 0 Å². The van der Waals surface area contributed by atoms with Crippen molar-refractivity contribution in [3.8, 4) is 11.5 Å². The third-order valence-electron chi connectivity index (χ3n) is 3.73. The van der Waals surface area contributed by atoms with Crippen LogP contribution in [-0.4, -0.2) is 33.7 Å². The Morgan fingerprint density at radius 3 is 2.20 bits per heavy atom. The lowest BCUT2D eigenvalue weighted by molar-refractivity contribution is -0.141. The minimum Gasteiger partial charge on any atom is -0.508 e. The third-order valence-corrected chi connectivity index (χ3v) is 3.73. The molecule has 6 heteroatoms. The maximum Gasteiger partial charge on any atom is 0.303 e. The van der Waals surface area contributed by atoms with Gasteiger partial charge in [0.05, 0.1) is 6.42 Å². The van der Waals surface area contributed by atoms with Gasteiger partial charge < -0.3 is 20.6 Å². The number of aromatic hydroxyl groups is 2. The molecule has 4 N–H and O–H groups in total. The SMILES string of the molecule is O=C(O)CC1(CNC(=O)c2cc(O)cc(O)c2)CCC1. The lowest BCUT2D eigenvalue weighted by atomic mass is 9.66. The fourth-order valence-corrected chi connectivity index (χ4v) is 2.51. The molecule has 0 aromatic heterocycles. The monoisotopic (exact) mass is 279 g/mol. The van der Waals surface area contributed by atoms with Gasteiger partial charge >= 0.3 is 5.97 Å². The van der Waals surface area contributed by atoms with Gasteiger partial charge in [-0.25, -0.2) is 0 Å². The van der Waals surface area contributed by atoms with E-state index in [1.165, 1.54) is 12.1 Å². The van der Waals surface area contributed by atoms with Gasteiger partial charge in [0, 0.05) is 18.2 Å². The van der Waals surface area contributed by atoms with Gasteiger partial charge in [0.25, 0.3) is 5.91 Å². The van der Waals surface area contributed by atoms with Crippen LogP contribution < -0.4 is 5.32 Å². The molecule has 1 aromatic rings. The number of phenols is 2. The molecule has 0 radical (unpaired) electrons. The van der Waals surface area contributed by atoms with E-state index < -0.39 is 11.9 Å². The summed E-state index contributed by atoms with van der Waals surface area (Å²) in [6.45, 7) is 0.286. The highest BCUT2D eigenvalue weighted by Gasteiger charge is 2.39. The molecule has 1 fully saturated rings. The number of rotatable bonds is 5. The van der Waals surface area contributed by atoms with Crippen LogP contribution in [0, 0.1) is 5.41 Å². The minimum absolute atomic E-state index is 0.0402. The fourth-order valence-electron chi connectivity index (χ4n) is 2.51. The van der Waals surface area contributed by atoms with Crippen molar-refractivity contribution in [1.82, 2.24) is 5.32 Å². The van der Waals surface area contributed by atoms with Gasteiger partial charge in [-0.3, -0.25) is 9.59 Å². The van der Waals surface area contributed by atoms with Gasteiger partial charge in [-0.2, -0.15) is 0 Å². The van der Waals surface area contributed by atoms with E-state index in [4.69, 9.17) is 5.11 Å². The predicted octanol–water partition coefficient (Wildman–Crippen LogP) is 1.47. The zero-order valence-electron chi connectivity index (χ0n) is 10.9. The molecule has 1 aliphatic carbocycles. The standard InChI is InChI=1S/C14H17NO5/c16-10-4-9(5-11(17)6-10)13(20)15-8-14(2-1-3-14)7-12(18)19/h4-6,16-17H,1-3,7-8H2,(H,15,20)(H,18,19). The first-order chi connectivity index (χ1) is 9.40. The van der Waals surface area contributed by atoms with Crippen molar-refractivity contribution in [1.29, 1.82) is 0 Å². The number of carboxylic acids is 1. The maximum atomic E-state index is 11.9. The van der Waals surface area contributed by atoms with Crippen LogP contribution in [0.5, 0.6) is 11.5 Å². The second-order valence-electron chi connectivity index (χ2n) is 5.34. The van der Waals surface area contributed by atoms with E-state index in [1.54, 1.807) is 0 Å². The average molecular weight is 279 g/mol. The first-order valence-corrected chi connectivity index (χ1v) is 6.43. The van der Waals surface area contributed by atoms with Crippen LogP contribution >= 0.6 is 0 Å². The van der Waals surface area contributed by atoms with E-state index in [0.29, 0.717) is 0 Å². The van der Waals surface area contributed by atoms with Crippen molar-refractivity contribution in [3.05, 3.63) is 23.8 Å². The van der Waals surface area contributed by atoms with Gasteiger partial charge in [-0.1, -0.05) is 6.42 Å². The topological polar surface area (TPSA) is 107 Å². The molecule has 0 atom stereocenters. The summed E-state index contributed by atoms with van der Waals surface area (Å²) in [6, 6.07) is 3.63. The van der Waals surface area contributed by atoms with Gasteiger partial charge in [-0.05, 0) is 30.4 Å². The largest absolute Gasteiger partial charge is 0.508 e. The zero-order valence-corrected chi connectivity index (χ0v) is 10.9. The summed E-state index contributed by atoms with van der Waals surface area (Å²) < 4.78 is 0. The first-order valence-electron chi connectivity index (χ1n) is 6.43. The molecule has 0 heterocycles. The van der Waals surface area contributed by atoms with Crippen LogP contribution in [0.25, 0.3) is 0 Å². The van der Waals surface area contributed by atoms with Crippen LogP contribution in [-0.2, 0) is 4.79 Å². The van der Waals surface area contributed by atoms with Crippen LogP contribution in [0.3, 0.4) is 0 Å². The molecule has 0 bridgehead atoms. The van der Waals surface area contributed by atoms with Crippen LogP contribution in [0.15, 0.2) is 18.2 Å². The lowest BCUT2D eigenvalue weighted by Crippen LogP contribution is -2.43. The number of carbonyl (C=O) groups excluding carboxylic acids is 1. The molecule has 6 nitrogen and oxygen atoms in total. The molecule has 108 valence electrons. The highest BCUT2D eigenvalue weighted by Crippen LogP contribution is 2.43. The fraction of sp³-hybridized carbons (Fsp3) is 0.429. The van der Waals surface area contributed by atoms with Crippen molar-refractivity contribution in [3.63, 3.8) is 0 Å². The van der Waals surface area contributed by atoms with Crippen LogP contribution in [0.1, 0.15) is 36.0 Å². The highest BCUT2D eigenvalue weighted by molar-refractivity contribution is 5.95. The molecular formula is C14H17NO5. The Hall–Kier alpha value is -2.24. The molecular weight excluding hydrogens is 262 g/mol. The summed E-state index contributed by atoms with van der Waals surface area (Å²) >= 11 is 0. The summed E-state index contributed by atoms with van der Waals surface area (Å²) in [5.74, 6) is -1.69. The van der Waals surface area contributed by atoms with E-state index in [0.717, 1.165) is 25.3 Å². The molecule has 0 saturated heterocycles. The van der Waals surface area contributed by atoms with Crippen LogP contribution in [0.4, 0.5) is 0 Å². The minimum atomic E-state index is -0.867. The zero-order chi connectivity index (χ0) is 14.8. The normalized spacial score (nSPS) is 16.2. The van der Waals surface area contributed by atoms with Crippen molar-refractivity contribution in [2.75, 3.05) is 6.54 Å². The van der Waals surface area contributed by atoms with Crippen molar-refractivity contribution in [2.45, 2.75) is 25.7 Å². The van der Waals surface area contributed by atoms with E-state index in [1.807, 2.05) is 0 Å². The molecule has 1 aliphatic rings. The molecule has 0 aliphatic heterocycles. The number of benzene rings is 1. The lowest BCUT2D eigenvalue weighted by Gasteiger charge is -2.40. The van der Waals surface area contributed by atoms with Crippen molar-refractivity contribution in [2.24, 2.45) is 5.41 Å². The number of nitrogens with one attached hydrogen (secondary N) is 1. The van der Waals surface area contributed by atoms with Crippen LogP contribution in [0.2, 0.25) is 0 Å². The Balaban J connectivity index is 1.99. The smallest absolute Gasteiger partial charge is 0.303 e. The van der Waals surface area contributed by atoms with E-state index in [9.17, 15) is 19.8 Å². The summed E-state index contributed by atoms with van der Waals surface area (Å²) in [4.78, 5) is 22.8. The Labute approximate surface area is 116 Å². The number of carbonyl (C=O) groups is 2. The molecule has 20 heavy (non-hydrogen) atoms. The average Bonchev–Trinajstić information content (AvgIpc) is 2.30. The second kappa shape index (κ2) is 5.40. The predicted molar refractivity (Wildman–Crippen MR) is 70.6 cm³/mol. The van der Waals surface area contributed by atoms with E-state index in [-0.39, 0.29) is 35.4 Å². The summed E-state index contributed by atoms with van der Waals surface area (Å²) in [6.07, 6.45) is 2.57. The van der Waals surface area contributed by atoms with Gasteiger partial charge in [0.15, 0.2) is 0 Å². The number of hydrogen-bond acceptors (Lipinski definition) is 4. The molecule has 1 saturated carbocycles. The molecule has 0 spiro atoms. The number of aliphatic carboxylic acids is 1. The summed E-state index contributed by atoms with van der Waals surface area (Å²) in [7, 11) is 0. The number of hydrogen-bond donors (Lipinski definition) is 4. The highest BCUT2D eigenvalue weighted by atomic mass is 16.4. The first kappa shape index (κ1) is 14.2. The second-order valence-corrected chi connectivity index (χ2v) is 5.34. The Bertz CT molecular complexity index is 516. The number of carboxylic acid groups (broad SMARTS) is 1. The number of amides is 1. The Morgan fingerprint density at radius 2 is 1.75 bits per heavy atom. The molecule has 0 unspecified atom stereocenters. The van der Waals surface area contributed by atoms with Crippen molar-refractivity contribution >= 4 is 11.9 Å². The number of phenolic OH excluding ortho intramolecular Hbond substituents is 2. The third kappa shape index (κ3) is 3.20. The van der Waals surface area contributed by atoms with Gasteiger partial charge in [0.1, 0.15) is 11.5 Å². The van der Waals surface area contributed by atoms with E-state index >= 15 is 0 Å². The van der Waals surface area contributed by atoms with E-state index in [2.05, 4.69) is 5.32 Å². The Kier molecular flexibility index (Phi) is 3.83. The molecule has 1 amide bonds. The maximum absolute atomic E-state index is 11.9. The van der Waals surface area contributed by atoms with Crippen molar-refractivity contribution < 1.29 is 24.9 Å². The molecule has 1 aromatic carbocycles.